The van der Waals surface area contributed by atoms with E-state index in [1.807, 2.05) is 4.90 Å². The summed E-state index contributed by atoms with van der Waals surface area (Å²) in [6, 6.07) is 5.29. The fourth-order valence-electron chi connectivity index (χ4n) is 3.75. The molecule has 5 rings (SSSR count). The second kappa shape index (κ2) is 8.98. The Bertz CT molecular complexity index is 1370. The molecule has 1 saturated heterocycles. The zero-order chi connectivity index (χ0) is 24.6. The van der Waals surface area contributed by atoms with Gasteiger partial charge in [0.15, 0.2) is 11.5 Å². The molecular weight excluding hydrogens is 468 g/mol. The SMILES string of the molecule is O[C@@H]1CCN(c2cc(CF)c(-c3cnc4c(Nc5ccc(C(F)(F)F)cn5)ccnc4n3)nn2)C1. The lowest BCUT2D eigenvalue weighted by Crippen LogP contribution is -2.23. The van der Waals surface area contributed by atoms with E-state index in [2.05, 4.69) is 35.5 Å². The van der Waals surface area contributed by atoms with Crippen LogP contribution in [0.1, 0.15) is 17.5 Å². The summed E-state index contributed by atoms with van der Waals surface area (Å²) in [4.78, 5) is 18.6. The molecule has 0 aliphatic carbocycles. The van der Waals surface area contributed by atoms with Crippen LogP contribution in [0, 0.1) is 0 Å². The van der Waals surface area contributed by atoms with Gasteiger partial charge in [0.25, 0.3) is 0 Å². The Labute approximate surface area is 195 Å². The molecule has 0 saturated carbocycles. The van der Waals surface area contributed by atoms with Gasteiger partial charge in [0.2, 0.25) is 0 Å². The standard InChI is InChI=1S/C22H18F4N8O/c23-8-12-7-18(34-6-4-14(35)11-34)32-33-19(12)16-10-29-20-15(3-5-27-21(20)31-16)30-17-2-1-13(9-28-17)22(24,25)26/h1-3,5,7,9-10,14,35H,4,6,8,11H2,(H,27,28,30,31)/t14-/m1/s1. The minimum atomic E-state index is -4.48. The first-order valence-corrected chi connectivity index (χ1v) is 10.6. The predicted molar refractivity (Wildman–Crippen MR) is 119 cm³/mol. The summed E-state index contributed by atoms with van der Waals surface area (Å²) >= 11 is 0. The minimum absolute atomic E-state index is 0.185. The smallest absolute Gasteiger partial charge is 0.391 e. The molecule has 1 atom stereocenters. The molecule has 1 aliphatic heterocycles. The molecule has 0 bridgehead atoms. The zero-order valence-corrected chi connectivity index (χ0v) is 18.0. The summed E-state index contributed by atoms with van der Waals surface area (Å²) < 4.78 is 52.2. The maximum Gasteiger partial charge on any atom is 0.417 e. The Morgan fingerprint density at radius 1 is 1.09 bits per heavy atom. The molecule has 0 radical (unpaired) electrons. The van der Waals surface area contributed by atoms with Crippen LogP contribution >= 0.6 is 0 Å². The molecule has 0 amide bonds. The van der Waals surface area contributed by atoms with Crippen LogP contribution in [0.5, 0.6) is 0 Å². The summed E-state index contributed by atoms with van der Waals surface area (Å²) in [5.41, 5.74) is 0.893. The van der Waals surface area contributed by atoms with Gasteiger partial charge in [-0.3, -0.25) is 0 Å². The Balaban J connectivity index is 1.44. The highest BCUT2D eigenvalue weighted by molar-refractivity contribution is 5.87. The van der Waals surface area contributed by atoms with Gasteiger partial charge < -0.3 is 15.3 Å². The quantitative estimate of drug-likeness (QED) is 0.408. The highest BCUT2D eigenvalue weighted by Crippen LogP contribution is 2.30. The molecule has 0 spiro atoms. The number of aliphatic hydroxyl groups is 1. The molecule has 0 unspecified atom stereocenters. The van der Waals surface area contributed by atoms with Crippen LogP contribution < -0.4 is 10.2 Å². The number of nitrogens with one attached hydrogen (secondary N) is 1. The van der Waals surface area contributed by atoms with Crippen LogP contribution in [0.3, 0.4) is 0 Å². The van der Waals surface area contributed by atoms with Crippen LogP contribution in [0.4, 0.5) is 34.9 Å². The van der Waals surface area contributed by atoms with E-state index in [0.29, 0.717) is 36.5 Å². The molecule has 0 aromatic carbocycles. The average molecular weight is 486 g/mol. The van der Waals surface area contributed by atoms with E-state index in [-0.39, 0.29) is 28.4 Å². The van der Waals surface area contributed by atoms with Crippen LogP contribution in [0.25, 0.3) is 22.6 Å². The highest BCUT2D eigenvalue weighted by atomic mass is 19.4. The van der Waals surface area contributed by atoms with Crippen molar-refractivity contribution >= 4 is 28.5 Å². The van der Waals surface area contributed by atoms with E-state index in [1.54, 1.807) is 12.1 Å². The summed E-state index contributed by atoms with van der Waals surface area (Å²) in [6.07, 6.45) is -0.739. The van der Waals surface area contributed by atoms with Crippen LogP contribution in [0.2, 0.25) is 0 Å². The van der Waals surface area contributed by atoms with Crippen molar-refractivity contribution in [3.63, 3.8) is 0 Å². The number of pyridine rings is 2. The number of alkyl halides is 4. The first-order valence-electron chi connectivity index (χ1n) is 10.6. The molecule has 4 aromatic heterocycles. The van der Waals surface area contributed by atoms with Crippen molar-refractivity contribution in [2.45, 2.75) is 25.4 Å². The van der Waals surface area contributed by atoms with E-state index in [9.17, 15) is 22.7 Å². The Morgan fingerprint density at radius 3 is 2.63 bits per heavy atom. The molecule has 5 heterocycles. The average Bonchev–Trinajstić information content (AvgIpc) is 3.29. The molecule has 180 valence electrons. The monoisotopic (exact) mass is 486 g/mol. The third kappa shape index (κ3) is 4.67. The number of aliphatic hydroxyl groups excluding tert-OH is 1. The number of rotatable bonds is 5. The lowest BCUT2D eigenvalue weighted by molar-refractivity contribution is -0.137. The number of halogens is 4. The Morgan fingerprint density at radius 2 is 1.94 bits per heavy atom. The van der Waals surface area contributed by atoms with Gasteiger partial charge in [-0.25, -0.2) is 24.3 Å². The second-order valence-electron chi connectivity index (χ2n) is 7.94. The number of hydrogen-bond acceptors (Lipinski definition) is 9. The van der Waals surface area contributed by atoms with Crippen LogP contribution in [-0.2, 0) is 12.9 Å². The van der Waals surface area contributed by atoms with E-state index < -0.39 is 24.5 Å². The van der Waals surface area contributed by atoms with Gasteiger partial charge in [-0.15, -0.1) is 10.2 Å². The summed E-state index contributed by atoms with van der Waals surface area (Å²) in [7, 11) is 0. The van der Waals surface area contributed by atoms with E-state index in [0.717, 1.165) is 12.3 Å². The predicted octanol–water partition coefficient (Wildman–Crippen LogP) is 3.68. The lowest BCUT2D eigenvalue weighted by atomic mass is 10.1. The molecule has 1 aliphatic rings. The largest absolute Gasteiger partial charge is 0.417 e. The fraction of sp³-hybridized carbons (Fsp3) is 0.273. The topological polar surface area (TPSA) is 113 Å². The number of anilines is 3. The van der Waals surface area contributed by atoms with E-state index in [4.69, 9.17) is 0 Å². The summed E-state index contributed by atoms with van der Waals surface area (Å²) in [5, 5.41) is 21.0. The van der Waals surface area contributed by atoms with Crippen molar-refractivity contribution in [3.05, 3.63) is 54.0 Å². The van der Waals surface area contributed by atoms with Crippen molar-refractivity contribution in [2.75, 3.05) is 23.3 Å². The molecule has 2 N–H and O–H groups in total. The maximum absolute atomic E-state index is 13.9. The molecular formula is C22H18F4N8O. The van der Waals surface area contributed by atoms with Crippen molar-refractivity contribution < 1.29 is 22.7 Å². The minimum Gasteiger partial charge on any atom is -0.391 e. The van der Waals surface area contributed by atoms with Gasteiger partial charge in [-0.05, 0) is 30.7 Å². The fourth-order valence-corrected chi connectivity index (χ4v) is 3.75. The van der Waals surface area contributed by atoms with Crippen molar-refractivity contribution in [1.82, 2.24) is 30.1 Å². The van der Waals surface area contributed by atoms with E-state index in [1.165, 1.54) is 18.5 Å². The van der Waals surface area contributed by atoms with Gasteiger partial charge >= 0.3 is 6.18 Å². The number of β-amino-alcohol motifs (C(OH)–C–C–N with tert-alkyl or cyclic N) is 1. The molecule has 35 heavy (non-hydrogen) atoms. The Hall–Kier alpha value is -4.00. The van der Waals surface area contributed by atoms with Crippen LogP contribution in [-0.4, -0.2) is 54.4 Å². The van der Waals surface area contributed by atoms with Crippen molar-refractivity contribution in [2.24, 2.45) is 0 Å². The van der Waals surface area contributed by atoms with E-state index >= 15 is 0 Å². The van der Waals surface area contributed by atoms with Crippen LogP contribution in [0.15, 0.2) is 42.9 Å². The first-order chi connectivity index (χ1) is 16.8. The van der Waals surface area contributed by atoms with Gasteiger partial charge in [-0.2, -0.15) is 13.2 Å². The number of fused-ring (bicyclic) bond motifs is 1. The maximum atomic E-state index is 13.9. The number of hydrogen-bond donors (Lipinski definition) is 2. The first kappa shape index (κ1) is 22.8. The van der Waals surface area contributed by atoms with Crippen molar-refractivity contribution in [3.8, 4) is 11.4 Å². The third-order valence-electron chi connectivity index (χ3n) is 5.53. The van der Waals surface area contributed by atoms with Gasteiger partial charge in [-0.1, -0.05) is 0 Å². The van der Waals surface area contributed by atoms with Gasteiger partial charge in [0, 0.05) is 31.0 Å². The summed E-state index contributed by atoms with van der Waals surface area (Å²) in [5.74, 6) is 0.657. The third-order valence-corrected chi connectivity index (χ3v) is 5.53. The van der Waals surface area contributed by atoms with Crippen molar-refractivity contribution in [1.29, 1.82) is 0 Å². The zero-order valence-electron chi connectivity index (χ0n) is 18.0. The summed E-state index contributed by atoms with van der Waals surface area (Å²) in [6.45, 7) is 0.204. The highest BCUT2D eigenvalue weighted by Gasteiger charge is 2.30. The molecule has 9 nitrogen and oxygen atoms in total. The van der Waals surface area contributed by atoms with Gasteiger partial charge in [0.05, 0.1) is 23.6 Å². The lowest BCUT2D eigenvalue weighted by Gasteiger charge is -2.17. The van der Waals surface area contributed by atoms with Gasteiger partial charge in [0.1, 0.15) is 29.4 Å². The number of aromatic nitrogens is 6. The normalized spacial score (nSPS) is 16.1. The second-order valence-corrected chi connectivity index (χ2v) is 7.94. The molecule has 13 heteroatoms. The number of nitrogens with zero attached hydrogens (tertiary/aromatic N) is 7. The Kier molecular flexibility index (Phi) is 5.84. The molecule has 4 aromatic rings. The molecule has 1 fully saturated rings.